The fraction of sp³-hybridized carbons (Fsp3) is 0.846. The van der Waals surface area contributed by atoms with Crippen molar-refractivity contribution in [3.05, 3.63) is 0 Å². The van der Waals surface area contributed by atoms with Crippen LogP contribution < -0.4 is 5.32 Å². The van der Waals surface area contributed by atoms with E-state index < -0.39 is 15.3 Å². The van der Waals surface area contributed by atoms with Gasteiger partial charge in [0.15, 0.2) is 9.76 Å². The molecule has 3 amide bonds. The van der Waals surface area contributed by atoms with Gasteiger partial charge in [-0.2, -0.15) is 0 Å². The molecule has 2 aliphatic rings. The van der Waals surface area contributed by atoms with Gasteiger partial charge in [0.1, 0.15) is 5.54 Å². The number of nitrogens with zero attached hydrogens (tertiary/aromatic N) is 1. The Morgan fingerprint density at radius 2 is 2.25 bits per heavy atom. The molecule has 0 spiro atoms. The number of imide groups is 1. The van der Waals surface area contributed by atoms with Crippen molar-refractivity contribution >= 4 is 21.7 Å². The van der Waals surface area contributed by atoms with E-state index >= 15 is 0 Å². The molecule has 0 radical (unpaired) electrons. The van der Waals surface area contributed by atoms with Crippen LogP contribution in [0.4, 0.5) is 4.79 Å². The van der Waals surface area contributed by atoms with Crippen molar-refractivity contribution in [3.8, 4) is 0 Å². The average Bonchev–Trinajstić information content (AvgIpc) is 2.61. The topological polar surface area (TPSA) is 78.9 Å². The quantitative estimate of drug-likeness (QED) is 0.550. The van der Waals surface area contributed by atoms with Gasteiger partial charge in [0, 0.05) is 13.2 Å². The zero-order valence-corrected chi connectivity index (χ0v) is 13.6. The van der Waals surface area contributed by atoms with E-state index in [1.165, 1.54) is 0 Å². The lowest BCUT2D eigenvalue weighted by atomic mass is 9.95. The second-order valence-electron chi connectivity index (χ2n) is 6.11. The summed E-state index contributed by atoms with van der Waals surface area (Å²) in [6.45, 7) is 4.85. The molecule has 20 heavy (non-hydrogen) atoms. The molecule has 0 bridgehead atoms. The maximum atomic E-state index is 11.7. The second-order valence-corrected chi connectivity index (χ2v) is 7.28. The number of rotatable bonds is 5. The molecule has 2 N–H and O–H groups in total. The highest BCUT2D eigenvalue weighted by Gasteiger charge is 2.45. The van der Waals surface area contributed by atoms with Crippen LogP contribution in [-0.2, 0) is 9.53 Å². The van der Waals surface area contributed by atoms with Gasteiger partial charge in [-0.3, -0.25) is 10.1 Å². The highest BCUT2D eigenvalue weighted by molar-refractivity contribution is 6.27. The third-order valence-electron chi connectivity index (χ3n) is 4.41. The van der Waals surface area contributed by atoms with Gasteiger partial charge in [0.25, 0.3) is 5.91 Å². The average molecular weight is 300 g/mol. The Labute approximate surface area is 121 Å². The molecule has 2 atom stereocenters. The van der Waals surface area contributed by atoms with Gasteiger partial charge in [0.2, 0.25) is 0 Å². The van der Waals surface area contributed by atoms with Gasteiger partial charge in [-0.25, -0.2) is 4.79 Å². The summed E-state index contributed by atoms with van der Waals surface area (Å²) in [6.07, 6.45) is 3.91. The minimum atomic E-state index is -1.13. The number of amides is 3. The first-order valence-electron chi connectivity index (χ1n) is 7.32. The second kappa shape index (κ2) is 6.24. The molecule has 2 saturated heterocycles. The Balaban J connectivity index is 1.83. The summed E-state index contributed by atoms with van der Waals surface area (Å²) in [5.74, 6) is 0.175. The van der Waals surface area contributed by atoms with Crippen LogP contribution in [0.2, 0.25) is 0 Å². The Bertz CT molecular complexity index is 389. The van der Waals surface area contributed by atoms with Crippen LogP contribution in [0.15, 0.2) is 0 Å². The third kappa shape index (κ3) is 3.04. The van der Waals surface area contributed by atoms with Gasteiger partial charge >= 0.3 is 6.03 Å². The molecular formula is C13H24N2O4Si. The molecule has 6 nitrogen and oxygen atoms in total. The monoisotopic (exact) mass is 300 g/mol. The van der Waals surface area contributed by atoms with Crippen LogP contribution in [0.25, 0.3) is 0 Å². The molecular weight excluding hydrogens is 276 g/mol. The van der Waals surface area contributed by atoms with Gasteiger partial charge < -0.3 is 14.4 Å². The Morgan fingerprint density at radius 3 is 2.85 bits per heavy atom. The van der Waals surface area contributed by atoms with E-state index in [9.17, 15) is 14.4 Å². The molecule has 114 valence electrons. The number of urea groups is 1. The van der Waals surface area contributed by atoms with Crippen molar-refractivity contribution in [1.29, 1.82) is 0 Å². The van der Waals surface area contributed by atoms with Crippen molar-refractivity contribution in [2.24, 2.45) is 5.92 Å². The standard InChI is InChI=1S/C13H24N2O4Si/c1-13(2)11(16)14-12(17)15(13)7-3-5-9-6-4-8-19-10(9)20-18/h9-10,18H,3-8,20H2,1-2H3,(H,14,16,17). The zero-order chi connectivity index (χ0) is 14.8. The fourth-order valence-corrected chi connectivity index (χ4v) is 4.06. The van der Waals surface area contributed by atoms with E-state index in [2.05, 4.69) is 5.32 Å². The van der Waals surface area contributed by atoms with E-state index in [0.717, 1.165) is 32.3 Å². The van der Waals surface area contributed by atoms with Crippen molar-refractivity contribution < 1.29 is 19.1 Å². The van der Waals surface area contributed by atoms with Crippen LogP contribution in [0, 0.1) is 5.92 Å². The molecule has 2 fully saturated rings. The number of carbonyl (C=O) groups is 2. The molecule has 2 aliphatic heterocycles. The minimum absolute atomic E-state index is 0.0609. The third-order valence-corrected chi connectivity index (χ3v) is 5.67. The Kier molecular flexibility index (Phi) is 4.82. The van der Waals surface area contributed by atoms with Crippen LogP contribution >= 0.6 is 0 Å². The molecule has 2 heterocycles. The van der Waals surface area contributed by atoms with Crippen LogP contribution in [0.5, 0.6) is 0 Å². The first kappa shape index (κ1) is 15.5. The number of ether oxygens (including phenoxy) is 1. The first-order valence-corrected chi connectivity index (χ1v) is 8.77. The fourth-order valence-electron chi connectivity index (χ4n) is 3.02. The van der Waals surface area contributed by atoms with E-state index in [0.29, 0.717) is 12.5 Å². The Morgan fingerprint density at radius 1 is 1.50 bits per heavy atom. The van der Waals surface area contributed by atoms with Crippen LogP contribution in [0.3, 0.4) is 0 Å². The van der Waals surface area contributed by atoms with Crippen molar-refractivity contribution in [3.63, 3.8) is 0 Å². The summed E-state index contributed by atoms with van der Waals surface area (Å²) >= 11 is 0. The number of hydrogen-bond acceptors (Lipinski definition) is 4. The minimum Gasteiger partial charge on any atom is -0.436 e. The van der Waals surface area contributed by atoms with Crippen molar-refractivity contribution in [2.75, 3.05) is 13.2 Å². The molecule has 0 aromatic carbocycles. The smallest absolute Gasteiger partial charge is 0.324 e. The maximum absolute atomic E-state index is 11.7. The van der Waals surface area contributed by atoms with Gasteiger partial charge in [-0.1, -0.05) is 0 Å². The number of carbonyl (C=O) groups excluding carboxylic acids is 2. The van der Waals surface area contributed by atoms with Crippen LogP contribution in [0.1, 0.15) is 39.5 Å². The lowest BCUT2D eigenvalue weighted by molar-refractivity contribution is -0.125. The predicted molar refractivity (Wildman–Crippen MR) is 76.8 cm³/mol. The Hall–Kier alpha value is -0.923. The van der Waals surface area contributed by atoms with E-state index in [1.54, 1.807) is 18.7 Å². The lowest BCUT2D eigenvalue weighted by Gasteiger charge is -2.32. The van der Waals surface area contributed by atoms with Gasteiger partial charge in [-0.15, -0.1) is 0 Å². The summed E-state index contributed by atoms with van der Waals surface area (Å²) in [4.78, 5) is 34.4. The van der Waals surface area contributed by atoms with E-state index in [-0.39, 0.29) is 17.7 Å². The normalized spacial score (nSPS) is 30.2. The highest BCUT2D eigenvalue weighted by atomic mass is 28.2. The van der Waals surface area contributed by atoms with E-state index in [4.69, 9.17) is 4.74 Å². The lowest BCUT2D eigenvalue weighted by Crippen LogP contribution is -2.45. The summed E-state index contributed by atoms with van der Waals surface area (Å²) < 4.78 is 5.61. The molecule has 2 rings (SSSR count). The van der Waals surface area contributed by atoms with Gasteiger partial charge in [0.05, 0.1) is 5.73 Å². The van der Waals surface area contributed by atoms with E-state index in [1.807, 2.05) is 0 Å². The largest absolute Gasteiger partial charge is 0.436 e. The maximum Gasteiger partial charge on any atom is 0.324 e. The van der Waals surface area contributed by atoms with Gasteiger partial charge in [-0.05, 0) is 45.4 Å². The summed E-state index contributed by atoms with van der Waals surface area (Å²) in [7, 11) is -1.13. The molecule has 0 saturated carbocycles. The summed E-state index contributed by atoms with van der Waals surface area (Å²) in [5.41, 5.74) is -0.698. The molecule has 0 aliphatic carbocycles. The molecule has 0 aromatic heterocycles. The number of nitrogens with one attached hydrogen (secondary N) is 1. The van der Waals surface area contributed by atoms with Crippen molar-refractivity contribution in [2.45, 2.75) is 50.8 Å². The molecule has 7 heteroatoms. The highest BCUT2D eigenvalue weighted by Crippen LogP contribution is 2.26. The van der Waals surface area contributed by atoms with Crippen LogP contribution in [-0.4, -0.2) is 55.8 Å². The number of hydrogen-bond donors (Lipinski definition) is 2. The predicted octanol–water partition coefficient (Wildman–Crippen LogP) is -0.0742. The van der Waals surface area contributed by atoms with Crippen molar-refractivity contribution in [1.82, 2.24) is 10.2 Å². The zero-order valence-electron chi connectivity index (χ0n) is 12.2. The molecule has 0 aromatic rings. The molecule has 2 unspecified atom stereocenters. The summed E-state index contributed by atoms with van der Waals surface area (Å²) in [6, 6.07) is -0.298. The SMILES string of the molecule is CC1(C)C(=O)NC(=O)N1CCCC1CCCOC1[SiH2]O. The summed E-state index contributed by atoms with van der Waals surface area (Å²) in [5, 5.41) is 2.36. The first-order chi connectivity index (χ1) is 9.46.